The van der Waals surface area contributed by atoms with Crippen molar-refractivity contribution in [1.82, 2.24) is 0 Å². The van der Waals surface area contributed by atoms with E-state index >= 15 is 0 Å². The fraction of sp³-hybridized carbons (Fsp3) is 0.632. The van der Waals surface area contributed by atoms with Crippen molar-refractivity contribution in [2.45, 2.75) is 51.4 Å². The summed E-state index contributed by atoms with van der Waals surface area (Å²) in [5, 5.41) is 4.15. The smallest absolute Gasteiger partial charge is 0.119 e. The van der Waals surface area contributed by atoms with E-state index in [1.807, 2.05) is 0 Å². The summed E-state index contributed by atoms with van der Waals surface area (Å²) < 4.78 is 5.40. The van der Waals surface area contributed by atoms with Gasteiger partial charge in [-0.05, 0) is 79.5 Å². The molecule has 118 valence electrons. The quantitative estimate of drug-likeness (QED) is 0.632. The number of aryl methyl sites for hydroxylation is 1. The first kappa shape index (κ1) is 14.1. The molecule has 2 saturated carbocycles. The Balaban J connectivity index is 1.69. The summed E-state index contributed by atoms with van der Waals surface area (Å²) in [6.07, 6.45) is 7.39. The molecule has 0 saturated heterocycles. The number of fused-ring (bicyclic) bond motifs is 5. The zero-order valence-corrected chi connectivity index (χ0v) is 13.6. The van der Waals surface area contributed by atoms with Gasteiger partial charge in [-0.25, -0.2) is 0 Å². The molecule has 1 aromatic rings. The lowest BCUT2D eigenvalue weighted by Gasteiger charge is -2.49. The third-order valence-electron chi connectivity index (χ3n) is 6.83. The van der Waals surface area contributed by atoms with E-state index in [4.69, 9.17) is 10.6 Å². The number of hydrazone groups is 1. The molecule has 3 aliphatic carbocycles. The maximum Gasteiger partial charge on any atom is 0.119 e. The van der Waals surface area contributed by atoms with Gasteiger partial charge in [0.1, 0.15) is 5.75 Å². The van der Waals surface area contributed by atoms with Gasteiger partial charge >= 0.3 is 0 Å². The molecule has 0 amide bonds. The van der Waals surface area contributed by atoms with Gasteiger partial charge in [0.15, 0.2) is 0 Å². The second-order valence-electron chi connectivity index (χ2n) is 7.55. The Morgan fingerprint density at radius 2 is 2.09 bits per heavy atom. The maximum atomic E-state index is 5.68. The summed E-state index contributed by atoms with van der Waals surface area (Å²) in [5.74, 6) is 8.97. The first-order chi connectivity index (χ1) is 10.7. The fourth-order valence-corrected chi connectivity index (χ4v) is 5.69. The van der Waals surface area contributed by atoms with Gasteiger partial charge in [-0.3, -0.25) is 0 Å². The Morgan fingerprint density at radius 1 is 1.23 bits per heavy atom. The lowest BCUT2D eigenvalue weighted by Crippen LogP contribution is -2.42. The van der Waals surface area contributed by atoms with Gasteiger partial charge in [-0.1, -0.05) is 13.0 Å². The summed E-state index contributed by atoms with van der Waals surface area (Å²) in [6.45, 7) is 2.41. The van der Waals surface area contributed by atoms with E-state index in [9.17, 15) is 0 Å². The number of hydrogen-bond donors (Lipinski definition) is 1. The van der Waals surface area contributed by atoms with Crippen LogP contribution in [0.4, 0.5) is 0 Å². The van der Waals surface area contributed by atoms with Crippen molar-refractivity contribution in [3.63, 3.8) is 0 Å². The summed E-state index contributed by atoms with van der Waals surface area (Å²) >= 11 is 0. The average molecular weight is 298 g/mol. The van der Waals surface area contributed by atoms with Crippen molar-refractivity contribution in [1.29, 1.82) is 0 Å². The van der Waals surface area contributed by atoms with Crippen LogP contribution in [0.15, 0.2) is 23.3 Å². The van der Waals surface area contributed by atoms with Crippen molar-refractivity contribution >= 4 is 5.71 Å². The van der Waals surface area contributed by atoms with Crippen LogP contribution in [0.3, 0.4) is 0 Å². The lowest BCUT2D eigenvalue weighted by atomic mass is 9.55. The first-order valence-corrected chi connectivity index (χ1v) is 8.61. The van der Waals surface area contributed by atoms with Gasteiger partial charge < -0.3 is 10.6 Å². The van der Waals surface area contributed by atoms with Gasteiger partial charge in [-0.2, -0.15) is 5.10 Å². The average Bonchev–Trinajstić information content (AvgIpc) is 2.90. The van der Waals surface area contributed by atoms with Gasteiger partial charge in [0.2, 0.25) is 0 Å². The molecular formula is C19H26N2O. The second-order valence-corrected chi connectivity index (χ2v) is 7.55. The minimum absolute atomic E-state index is 0.264. The molecule has 4 rings (SSSR count). The molecule has 0 unspecified atom stereocenters. The van der Waals surface area contributed by atoms with Crippen LogP contribution in [0, 0.1) is 17.3 Å². The highest BCUT2D eigenvalue weighted by atomic mass is 16.5. The molecule has 0 radical (unpaired) electrons. The second kappa shape index (κ2) is 5.00. The Labute approximate surface area is 132 Å². The molecule has 22 heavy (non-hydrogen) atoms. The molecule has 0 heterocycles. The molecule has 1 aromatic carbocycles. The molecular weight excluding hydrogens is 272 g/mol. The number of hydrogen-bond acceptors (Lipinski definition) is 3. The van der Waals surface area contributed by atoms with E-state index in [0.29, 0.717) is 0 Å². The highest BCUT2D eigenvalue weighted by molar-refractivity contribution is 5.92. The van der Waals surface area contributed by atoms with Crippen LogP contribution in [-0.4, -0.2) is 12.8 Å². The zero-order chi connectivity index (χ0) is 15.3. The van der Waals surface area contributed by atoms with E-state index in [-0.39, 0.29) is 5.41 Å². The molecule has 0 aliphatic heterocycles. The van der Waals surface area contributed by atoms with Crippen molar-refractivity contribution in [2.75, 3.05) is 7.11 Å². The summed E-state index contributed by atoms with van der Waals surface area (Å²) in [7, 11) is 1.76. The monoisotopic (exact) mass is 298 g/mol. The van der Waals surface area contributed by atoms with E-state index < -0.39 is 0 Å². The summed E-state index contributed by atoms with van der Waals surface area (Å²) in [5.41, 5.74) is 4.63. The molecule has 3 heteroatoms. The molecule has 0 aromatic heterocycles. The Morgan fingerprint density at radius 3 is 2.86 bits per heavy atom. The Hall–Kier alpha value is -1.51. The fourth-order valence-electron chi connectivity index (χ4n) is 5.69. The van der Waals surface area contributed by atoms with E-state index in [2.05, 4.69) is 30.2 Å². The first-order valence-electron chi connectivity index (χ1n) is 8.61. The van der Waals surface area contributed by atoms with Gasteiger partial charge in [0.25, 0.3) is 0 Å². The highest BCUT2D eigenvalue weighted by Crippen LogP contribution is 2.59. The highest BCUT2D eigenvalue weighted by Gasteiger charge is 2.53. The van der Waals surface area contributed by atoms with Crippen LogP contribution < -0.4 is 10.6 Å². The largest absolute Gasteiger partial charge is 0.497 e. The number of nitrogens with two attached hydrogens (primary N) is 1. The van der Waals surface area contributed by atoms with E-state index in [1.54, 1.807) is 12.7 Å². The predicted molar refractivity (Wildman–Crippen MR) is 89.2 cm³/mol. The molecule has 0 bridgehead atoms. The van der Waals surface area contributed by atoms with E-state index in [1.165, 1.54) is 43.4 Å². The molecule has 3 aliphatic rings. The van der Waals surface area contributed by atoms with Crippen molar-refractivity contribution in [3.8, 4) is 5.75 Å². The number of methoxy groups -OCH3 is 1. The standard InChI is InChI=1S/C19H26N2O/c1-19-10-9-15-14-6-4-13(22-2)11-12(14)3-5-16(15)17(19)7-8-18(19)21-20/h4,6,11,15-17H,3,5,7-10,20H2,1-2H3/b21-18-/t15-,16-,17-,19-/m1/s1. The van der Waals surface area contributed by atoms with Crippen LogP contribution in [0.25, 0.3) is 0 Å². The van der Waals surface area contributed by atoms with Gasteiger partial charge in [-0.15, -0.1) is 0 Å². The summed E-state index contributed by atoms with van der Waals surface area (Å²) in [6, 6.07) is 6.71. The Kier molecular flexibility index (Phi) is 3.21. The van der Waals surface area contributed by atoms with Gasteiger partial charge in [0, 0.05) is 11.1 Å². The van der Waals surface area contributed by atoms with Crippen molar-refractivity contribution < 1.29 is 4.74 Å². The third-order valence-corrected chi connectivity index (χ3v) is 6.83. The van der Waals surface area contributed by atoms with Crippen LogP contribution >= 0.6 is 0 Å². The van der Waals surface area contributed by atoms with Crippen LogP contribution in [0.1, 0.15) is 56.1 Å². The molecule has 0 spiro atoms. The number of benzene rings is 1. The van der Waals surface area contributed by atoms with E-state index in [0.717, 1.165) is 29.9 Å². The normalized spacial score (nSPS) is 38.3. The molecule has 2 N–H and O–H groups in total. The minimum Gasteiger partial charge on any atom is -0.497 e. The number of rotatable bonds is 1. The minimum atomic E-state index is 0.264. The lowest BCUT2D eigenvalue weighted by molar-refractivity contribution is 0.0955. The predicted octanol–water partition coefficient (Wildman–Crippen LogP) is 3.87. The number of ether oxygens (including phenoxy) is 1. The third kappa shape index (κ3) is 1.84. The van der Waals surface area contributed by atoms with Crippen LogP contribution in [0.2, 0.25) is 0 Å². The molecule has 4 atom stereocenters. The Bertz CT molecular complexity index is 624. The number of nitrogens with zero attached hydrogens (tertiary/aromatic N) is 1. The maximum absolute atomic E-state index is 5.68. The molecule has 3 nitrogen and oxygen atoms in total. The van der Waals surface area contributed by atoms with Crippen molar-refractivity contribution in [3.05, 3.63) is 29.3 Å². The van der Waals surface area contributed by atoms with Crippen LogP contribution in [-0.2, 0) is 6.42 Å². The topological polar surface area (TPSA) is 47.6 Å². The SMILES string of the molecule is COc1ccc2c(c1)CC[C@@H]1[C@@H]2CC[C@@]2(C)/C(=N\N)CC[C@H]12. The molecule has 2 fully saturated rings. The van der Waals surface area contributed by atoms with Gasteiger partial charge in [0.05, 0.1) is 7.11 Å². The van der Waals surface area contributed by atoms with Crippen LogP contribution in [0.5, 0.6) is 5.75 Å². The zero-order valence-electron chi connectivity index (χ0n) is 13.6. The van der Waals surface area contributed by atoms with Crippen molar-refractivity contribution in [2.24, 2.45) is 28.2 Å². The summed E-state index contributed by atoms with van der Waals surface area (Å²) in [4.78, 5) is 0.